The highest BCUT2D eigenvalue weighted by molar-refractivity contribution is 7.99. The van der Waals surface area contributed by atoms with Crippen LogP contribution >= 0.6 is 11.8 Å². The maximum absolute atomic E-state index is 4.58. The predicted molar refractivity (Wildman–Crippen MR) is 81.4 cm³/mol. The second-order valence-electron chi connectivity index (χ2n) is 4.97. The van der Waals surface area contributed by atoms with Gasteiger partial charge in [0, 0.05) is 23.5 Å². The molecule has 0 radical (unpaired) electrons. The Kier molecular flexibility index (Phi) is 6.72. The molecule has 0 fully saturated rings. The van der Waals surface area contributed by atoms with Gasteiger partial charge in [0.05, 0.1) is 5.03 Å². The second-order valence-corrected chi connectivity index (χ2v) is 6.43. The lowest BCUT2D eigenvalue weighted by atomic mass is 10.2. The number of hydrogen-bond donors (Lipinski definition) is 1. The third-order valence-corrected chi connectivity index (χ3v) is 4.10. The molecule has 1 heterocycles. The Hall–Kier alpha value is -0.540. The summed E-state index contributed by atoms with van der Waals surface area (Å²) in [6, 6.07) is 4.95. The SMILES string of the molecule is CCC(CC)NCC(C)Sc1cc(C)cc(C)n1. The molecule has 0 aliphatic carbocycles. The van der Waals surface area contributed by atoms with E-state index in [4.69, 9.17) is 0 Å². The normalized spacial score (nSPS) is 13.0. The van der Waals surface area contributed by atoms with Gasteiger partial charge in [-0.15, -0.1) is 11.8 Å². The molecule has 0 saturated carbocycles. The zero-order valence-corrected chi connectivity index (χ0v) is 13.1. The molecule has 1 rings (SSSR count). The standard InChI is InChI=1S/C15H26N2S/c1-6-14(7-2)16-10-13(5)18-15-9-11(3)8-12(4)17-15/h8-9,13-14,16H,6-7,10H2,1-5H3. The fourth-order valence-electron chi connectivity index (χ4n) is 2.02. The molecule has 0 saturated heterocycles. The van der Waals surface area contributed by atoms with Crippen LogP contribution in [0, 0.1) is 13.8 Å². The van der Waals surface area contributed by atoms with Crippen LogP contribution in [0.5, 0.6) is 0 Å². The highest BCUT2D eigenvalue weighted by Gasteiger charge is 2.09. The third-order valence-electron chi connectivity index (χ3n) is 3.08. The summed E-state index contributed by atoms with van der Waals surface area (Å²) in [5.74, 6) is 0. The van der Waals surface area contributed by atoms with Crippen LogP contribution < -0.4 is 5.32 Å². The summed E-state index contributed by atoms with van der Waals surface area (Å²) in [5, 5.41) is 5.32. The Labute approximate surface area is 116 Å². The van der Waals surface area contributed by atoms with Crippen molar-refractivity contribution in [2.45, 2.75) is 63.8 Å². The van der Waals surface area contributed by atoms with Crippen LogP contribution in [-0.2, 0) is 0 Å². The number of rotatable bonds is 7. The third kappa shape index (κ3) is 5.40. The van der Waals surface area contributed by atoms with E-state index in [1.165, 1.54) is 18.4 Å². The van der Waals surface area contributed by atoms with Gasteiger partial charge in [0.25, 0.3) is 0 Å². The van der Waals surface area contributed by atoms with Gasteiger partial charge in [-0.3, -0.25) is 0 Å². The van der Waals surface area contributed by atoms with E-state index in [1.807, 2.05) is 11.8 Å². The van der Waals surface area contributed by atoms with Crippen molar-refractivity contribution in [2.24, 2.45) is 0 Å². The summed E-state index contributed by atoms with van der Waals surface area (Å²) < 4.78 is 0. The monoisotopic (exact) mass is 266 g/mol. The Balaban J connectivity index is 2.46. The molecule has 2 nitrogen and oxygen atoms in total. The van der Waals surface area contributed by atoms with E-state index in [2.05, 4.69) is 57.1 Å². The molecular formula is C15H26N2S. The first-order valence-electron chi connectivity index (χ1n) is 6.90. The lowest BCUT2D eigenvalue weighted by Gasteiger charge is -2.18. The minimum atomic E-state index is 0.555. The van der Waals surface area contributed by atoms with Gasteiger partial charge in [0.1, 0.15) is 0 Å². The van der Waals surface area contributed by atoms with Crippen molar-refractivity contribution in [3.63, 3.8) is 0 Å². The number of aromatic nitrogens is 1. The van der Waals surface area contributed by atoms with Crippen LogP contribution in [-0.4, -0.2) is 22.8 Å². The Bertz CT molecular complexity index is 341. The largest absolute Gasteiger partial charge is 0.313 e. The molecule has 1 aromatic rings. The molecule has 1 atom stereocenters. The minimum absolute atomic E-state index is 0.555. The molecule has 0 spiro atoms. The van der Waals surface area contributed by atoms with Crippen molar-refractivity contribution in [3.05, 3.63) is 23.4 Å². The van der Waals surface area contributed by atoms with Gasteiger partial charge in [-0.2, -0.15) is 0 Å². The van der Waals surface area contributed by atoms with Gasteiger partial charge < -0.3 is 5.32 Å². The average Bonchev–Trinajstić information content (AvgIpc) is 2.28. The lowest BCUT2D eigenvalue weighted by molar-refractivity contribution is 0.488. The molecule has 1 aromatic heterocycles. The van der Waals surface area contributed by atoms with E-state index in [0.29, 0.717) is 11.3 Å². The van der Waals surface area contributed by atoms with Crippen molar-refractivity contribution >= 4 is 11.8 Å². The summed E-state index contributed by atoms with van der Waals surface area (Å²) in [6.45, 7) is 12.0. The lowest BCUT2D eigenvalue weighted by Crippen LogP contribution is -2.32. The Morgan fingerprint density at radius 1 is 1.22 bits per heavy atom. The highest BCUT2D eigenvalue weighted by atomic mass is 32.2. The smallest absolute Gasteiger partial charge is 0.0968 e. The molecule has 1 unspecified atom stereocenters. The van der Waals surface area contributed by atoms with Crippen molar-refractivity contribution in [1.82, 2.24) is 10.3 Å². The fraction of sp³-hybridized carbons (Fsp3) is 0.667. The van der Waals surface area contributed by atoms with Gasteiger partial charge in [0.15, 0.2) is 0 Å². The maximum Gasteiger partial charge on any atom is 0.0968 e. The van der Waals surface area contributed by atoms with E-state index in [1.54, 1.807) is 0 Å². The van der Waals surface area contributed by atoms with Gasteiger partial charge in [-0.05, 0) is 44.4 Å². The first kappa shape index (κ1) is 15.5. The van der Waals surface area contributed by atoms with Crippen LogP contribution in [0.1, 0.15) is 44.9 Å². The van der Waals surface area contributed by atoms with Crippen molar-refractivity contribution in [1.29, 1.82) is 0 Å². The molecule has 0 amide bonds. The average molecular weight is 266 g/mol. The molecule has 3 heteroatoms. The number of aryl methyl sites for hydroxylation is 2. The first-order valence-corrected chi connectivity index (χ1v) is 7.78. The zero-order chi connectivity index (χ0) is 13.5. The van der Waals surface area contributed by atoms with E-state index in [9.17, 15) is 0 Å². The second kappa shape index (κ2) is 7.80. The Morgan fingerprint density at radius 3 is 2.44 bits per heavy atom. The van der Waals surface area contributed by atoms with Crippen LogP contribution in [0.4, 0.5) is 0 Å². The fourth-order valence-corrected chi connectivity index (χ4v) is 3.06. The molecular weight excluding hydrogens is 240 g/mol. The van der Waals surface area contributed by atoms with E-state index in [-0.39, 0.29) is 0 Å². The number of pyridine rings is 1. The zero-order valence-electron chi connectivity index (χ0n) is 12.3. The minimum Gasteiger partial charge on any atom is -0.313 e. The molecule has 0 aliphatic rings. The van der Waals surface area contributed by atoms with Gasteiger partial charge in [-0.1, -0.05) is 20.8 Å². The van der Waals surface area contributed by atoms with Crippen molar-refractivity contribution in [2.75, 3.05) is 6.54 Å². The molecule has 0 bridgehead atoms. The molecule has 0 aromatic carbocycles. The van der Waals surface area contributed by atoms with Crippen LogP contribution in [0.2, 0.25) is 0 Å². The highest BCUT2D eigenvalue weighted by Crippen LogP contribution is 2.22. The van der Waals surface area contributed by atoms with Crippen LogP contribution in [0.25, 0.3) is 0 Å². The van der Waals surface area contributed by atoms with E-state index < -0.39 is 0 Å². The molecule has 18 heavy (non-hydrogen) atoms. The van der Waals surface area contributed by atoms with Crippen LogP contribution in [0.15, 0.2) is 17.2 Å². The van der Waals surface area contributed by atoms with E-state index in [0.717, 1.165) is 17.3 Å². The van der Waals surface area contributed by atoms with Crippen molar-refractivity contribution < 1.29 is 0 Å². The quantitative estimate of drug-likeness (QED) is 0.756. The summed E-state index contributed by atoms with van der Waals surface area (Å²) >= 11 is 1.86. The van der Waals surface area contributed by atoms with Crippen LogP contribution in [0.3, 0.4) is 0 Å². The maximum atomic E-state index is 4.58. The van der Waals surface area contributed by atoms with Gasteiger partial charge in [-0.25, -0.2) is 4.98 Å². The predicted octanol–water partition coefficient (Wildman–Crippen LogP) is 3.96. The topological polar surface area (TPSA) is 24.9 Å². The van der Waals surface area contributed by atoms with Gasteiger partial charge >= 0.3 is 0 Å². The summed E-state index contributed by atoms with van der Waals surface area (Å²) in [6.07, 6.45) is 2.41. The summed E-state index contributed by atoms with van der Waals surface area (Å²) in [4.78, 5) is 4.58. The Morgan fingerprint density at radius 2 is 1.89 bits per heavy atom. The van der Waals surface area contributed by atoms with Crippen molar-refractivity contribution in [3.8, 4) is 0 Å². The first-order chi connectivity index (χ1) is 8.55. The summed E-state index contributed by atoms with van der Waals surface area (Å²) in [7, 11) is 0. The van der Waals surface area contributed by atoms with Gasteiger partial charge in [0.2, 0.25) is 0 Å². The molecule has 1 N–H and O–H groups in total. The molecule has 0 aliphatic heterocycles. The number of nitrogens with zero attached hydrogens (tertiary/aromatic N) is 1. The number of hydrogen-bond acceptors (Lipinski definition) is 3. The number of thioether (sulfide) groups is 1. The molecule has 102 valence electrons. The van der Waals surface area contributed by atoms with E-state index >= 15 is 0 Å². The summed E-state index contributed by atoms with van der Waals surface area (Å²) in [5.41, 5.74) is 2.41. The number of nitrogens with one attached hydrogen (secondary N) is 1.